The quantitative estimate of drug-likeness (QED) is 0.852. The molecule has 4 nitrogen and oxygen atoms in total. The summed E-state index contributed by atoms with van der Waals surface area (Å²) in [5.74, 6) is -2.30. The molecule has 0 saturated carbocycles. The normalized spacial score (nSPS) is 11.8. The highest BCUT2D eigenvalue weighted by molar-refractivity contribution is 5.82. The molecule has 0 saturated heterocycles. The predicted octanol–water partition coefficient (Wildman–Crippen LogP) is 2.98. The Hall–Kier alpha value is -1.93. The van der Waals surface area contributed by atoms with Crippen LogP contribution in [0.15, 0.2) is 12.1 Å². The van der Waals surface area contributed by atoms with E-state index in [0.717, 1.165) is 0 Å². The van der Waals surface area contributed by atoms with Gasteiger partial charge in [0.2, 0.25) is 0 Å². The van der Waals surface area contributed by atoms with Crippen molar-refractivity contribution in [1.82, 2.24) is 0 Å². The summed E-state index contributed by atoms with van der Waals surface area (Å²) in [6.07, 6.45) is 0. The van der Waals surface area contributed by atoms with Gasteiger partial charge < -0.3 is 10.5 Å². The molecule has 0 aliphatic heterocycles. The lowest BCUT2D eigenvalue weighted by molar-refractivity contribution is -0.258. The summed E-state index contributed by atoms with van der Waals surface area (Å²) in [5.41, 5.74) is 3.66. The number of nitrogens with zero attached hydrogens (tertiary/aromatic N) is 1. The highest BCUT2D eigenvalue weighted by Gasteiger charge is 2.29. The van der Waals surface area contributed by atoms with Crippen LogP contribution in [0.5, 0.6) is 0 Å². The third-order valence-corrected chi connectivity index (χ3v) is 2.59. The van der Waals surface area contributed by atoms with Gasteiger partial charge in [0.25, 0.3) is 0 Å². The van der Waals surface area contributed by atoms with Crippen molar-refractivity contribution < 1.29 is 19.7 Å². The maximum Gasteiger partial charge on any atom is 0.328 e. The van der Waals surface area contributed by atoms with Crippen LogP contribution in [0.1, 0.15) is 51.7 Å². The van der Waals surface area contributed by atoms with E-state index in [1.54, 1.807) is 26.8 Å². The van der Waals surface area contributed by atoms with Gasteiger partial charge in [-0.15, -0.1) is 0 Å². The van der Waals surface area contributed by atoms with Crippen LogP contribution in [0.4, 0.5) is 10.1 Å². The largest absolute Gasteiger partial charge is 0.459 e. The van der Waals surface area contributed by atoms with E-state index in [4.69, 9.17) is 10.00 Å². The lowest BCUT2D eigenvalue weighted by atomic mass is 9.95. The van der Waals surface area contributed by atoms with Crippen LogP contribution in [0.25, 0.3) is 0 Å². The summed E-state index contributed by atoms with van der Waals surface area (Å²) >= 11 is 0. The van der Waals surface area contributed by atoms with Crippen LogP contribution in [0.2, 0.25) is 0 Å². The third kappa shape index (κ3) is 5.16. The van der Waals surface area contributed by atoms with E-state index in [9.17, 15) is 9.18 Å². The molecule has 0 fully saturated rings. The van der Waals surface area contributed by atoms with Gasteiger partial charge in [-0.1, -0.05) is 19.9 Å². The molecule has 1 rings (SSSR count). The Morgan fingerprint density at radius 3 is 2.33 bits per heavy atom. The first kappa shape index (κ1) is 19.1. The van der Waals surface area contributed by atoms with E-state index in [-0.39, 0.29) is 11.3 Å². The molecule has 0 spiro atoms. The lowest BCUT2D eigenvalue weighted by Gasteiger charge is -2.22. The topological polar surface area (TPSA) is 77.7 Å². The molecule has 5 heteroatoms. The molecule has 0 heterocycles. The maximum atomic E-state index is 13.8. The molecule has 1 aromatic rings. The summed E-state index contributed by atoms with van der Waals surface area (Å²) in [5, 5.41) is 9.14. The molecule has 21 heavy (non-hydrogen) atoms. The number of quaternary nitrogens is 1. The van der Waals surface area contributed by atoms with E-state index < -0.39 is 23.3 Å². The summed E-state index contributed by atoms with van der Waals surface area (Å²) in [7, 11) is 0. The van der Waals surface area contributed by atoms with Gasteiger partial charge in [-0.3, -0.25) is 4.79 Å². The lowest BCUT2D eigenvalue weighted by Crippen LogP contribution is -2.41. The Labute approximate surface area is 125 Å². The van der Waals surface area contributed by atoms with Crippen LogP contribution >= 0.6 is 0 Å². The Balaban J connectivity index is 0.00000191. The molecule has 1 atom stereocenters. The van der Waals surface area contributed by atoms with Crippen molar-refractivity contribution >= 4 is 11.7 Å². The average Bonchev–Trinajstić information content (AvgIpc) is 2.40. The summed E-state index contributed by atoms with van der Waals surface area (Å²) in [6.45, 7) is 10.7. The van der Waals surface area contributed by atoms with Gasteiger partial charge in [0.15, 0.2) is 17.4 Å². The van der Waals surface area contributed by atoms with Crippen molar-refractivity contribution in [2.24, 2.45) is 0 Å². The third-order valence-electron chi connectivity index (χ3n) is 2.59. The fourth-order valence-electron chi connectivity index (χ4n) is 1.68. The van der Waals surface area contributed by atoms with E-state index in [1.807, 2.05) is 19.9 Å². The van der Waals surface area contributed by atoms with Crippen molar-refractivity contribution in [1.29, 1.82) is 5.26 Å². The molecule has 1 unspecified atom stereocenters. The maximum absolute atomic E-state index is 13.8. The first-order valence-electron chi connectivity index (χ1n) is 6.91. The molecule has 0 radical (unpaired) electrons. The SMILES string of the molecule is CC.Cc1c(C(C#N)C(=O)OC(C)(C)C)ccc([NH3+])c1F. The van der Waals surface area contributed by atoms with Crippen LogP contribution in [0.3, 0.4) is 0 Å². The van der Waals surface area contributed by atoms with E-state index in [1.165, 1.54) is 13.0 Å². The molecule has 116 valence electrons. The summed E-state index contributed by atoms with van der Waals surface area (Å²) in [6, 6.07) is 4.86. The number of esters is 1. The second-order valence-corrected chi connectivity index (χ2v) is 5.35. The van der Waals surface area contributed by atoms with E-state index in [2.05, 4.69) is 5.73 Å². The number of ether oxygens (including phenoxy) is 1. The highest BCUT2D eigenvalue weighted by Crippen LogP contribution is 2.26. The number of benzene rings is 1. The van der Waals surface area contributed by atoms with Crippen LogP contribution < -0.4 is 5.73 Å². The van der Waals surface area contributed by atoms with Gasteiger partial charge in [-0.05, 0) is 38.8 Å². The smallest absolute Gasteiger partial charge is 0.328 e. The molecule has 1 aromatic carbocycles. The number of halogens is 1. The van der Waals surface area contributed by atoms with E-state index >= 15 is 0 Å². The molecular weight excluding hydrogens is 271 g/mol. The Morgan fingerprint density at radius 1 is 1.38 bits per heavy atom. The van der Waals surface area contributed by atoms with Crippen LogP contribution in [-0.2, 0) is 9.53 Å². The van der Waals surface area contributed by atoms with Gasteiger partial charge >= 0.3 is 5.97 Å². The zero-order valence-corrected chi connectivity index (χ0v) is 13.6. The number of hydrogen-bond donors (Lipinski definition) is 1. The first-order chi connectivity index (χ1) is 9.67. The average molecular weight is 295 g/mol. The number of rotatable bonds is 2. The molecule has 0 aliphatic carbocycles. The van der Waals surface area contributed by atoms with Crippen molar-refractivity contribution in [2.75, 3.05) is 0 Å². The molecule has 0 bridgehead atoms. The van der Waals surface area contributed by atoms with Gasteiger partial charge in [0, 0.05) is 6.07 Å². The molecule has 0 aromatic heterocycles. The Bertz CT molecular complexity index is 542. The van der Waals surface area contributed by atoms with Gasteiger partial charge in [-0.25, -0.2) is 4.39 Å². The minimum absolute atomic E-state index is 0.238. The number of nitriles is 1. The fourth-order valence-corrected chi connectivity index (χ4v) is 1.68. The van der Waals surface area contributed by atoms with Gasteiger partial charge in [0.05, 0.1) is 6.07 Å². The van der Waals surface area contributed by atoms with Crippen LogP contribution in [-0.4, -0.2) is 11.6 Å². The fraction of sp³-hybridized carbons (Fsp3) is 0.500. The summed E-state index contributed by atoms with van der Waals surface area (Å²) < 4.78 is 18.9. The second kappa shape index (κ2) is 7.75. The number of carbonyl (C=O) groups excluding carboxylic acids is 1. The van der Waals surface area contributed by atoms with Crippen molar-refractivity contribution in [3.63, 3.8) is 0 Å². The Morgan fingerprint density at radius 2 is 1.90 bits per heavy atom. The minimum Gasteiger partial charge on any atom is -0.459 e. The van der Waals surface area contributed by atoms with E-state index in [0.29, 0.717) is 5.56 Å². The zero-order chi connectivity index (χ0) is 16.8. The monoisotopic (exact) mass is 295 g/mol. The standard InChI is InChI=1S/C14H17FN2O2.C2H6/c1-8-9(5-6-11(17)12(8)15)10(7-16)13(18)19-14(2,3)4;1-2/h5-6,10H,17H2,1-4H3;1-2H3/p+1. The number of carbonyl (C=O) groups is 1. The first-order valence-corrected chi connectivity index (χ1v) is 6.91. The molecule has 3 N–H and O–H groups in total. The zero-order valence-electron chi connectivity index (χ0n) is 13.6. The Kier molecular flexibility index (Phi) is 7.04. The number of hydrogen-bond acceptors (Lipinski definition) is 3. The molecular formula is C16H24FN2O2+. The minimum atomic E-state index is -1.13. The second-order valence-electron chi connectivity index (χ2n) is 5.35. The van der Waals surface area contributed by atoms with Crippen molar-refractivity contribution in [3.8, 4) is 6.07 Å². The highest BCUT2D eigenvalue weighted by atomic mass is 19.1. The van der Waals surface area contributed by atoms with Crippen LogP contribution in [0, 0.1) is 24.1 Å². The summed E-state index contributed by atoms with van der Waals surface area (Å²) in [4.78, 5) is 12.0. The van der Waals surface area contributed by atoms with Crippen molar-refractivity contribution in [2.45, 2.75) is 53.1 Å². The predicted molar refractivity (Wildman–Crippen MR) is 79.2 cm³/mol. The molecule has 0 aliphatic rings. The van der Waals surface area contributed by atoms with Gasteiger partial charge in [-0.2, -0.15) is 5.26 Å². The molecule has 0 amide bonds. The van der Waals surface area contributed by atoms with Crippen molar-refractivity contribution in [3.05, 3.63) is 29.1 Å². The van der Waals surface area contributed by atoms with Gasteiger partial charge in [0.1, 0.15) is 5.60 Å².